The number of benzene rings is 4. The van der Waals surface area contributed by atoms with E-state index in [1.807, 2.05) is 50.1 Å². The highest BCUT2D eigenvalue weighted by molar-refractivity contribution is 6.31. The number of anilines is 3. The third-order valence-corrected chi connectivity index (χ3v) is 21.6. The molecule has 0 spiro atoms. The van der Waals surface area contributed by atoms with Crippen LogP contribution in [0.25, 0.3) is 17.1 Å². The van der Waals surface area contributed by atoms with Gasteiger partial charge in [-0.2, -0.15) is 13.2 Å². The molecule has 29 nitrogen and oxygen atoms in total. The fraction of sp³-hybridized carbons (Fsp3) is 0.562. The van der Waals surface area contributed by atoms with Gasteiger partial charge in [-0.3, -0.25) is 107 Å². The van der Waals surface area contributed by atoms with Gasteiger partial charge in [0.05, 0.1) is 113 Å². The Labute approximate surface area is 796 Å². The van der Waals surface area contributed by atoms with Crippen LogP contribution in [0.3, 0.4) is 0 Å². The molecule has 7 rings (SSSR count). The van der Waals surface area contributed by atoms with Gasteiger partial charge in [0.1, 0.15) is 39.6 Å². The number of alkyl halides is 11. The van der Waals surface area contributed by atoms with E-state index in [0.29, 0.717) is 71.8 Å². The minimum atomic E-state index is -5.11. The van der Waals surface area contributed by atoms with Crippen LogP contribution in [0.15, 0.2) is 124 Å². The van der Waals surface area contributed by atoms with E-state index in [2.05, 4.69) is 16.0 Å². The van der Waals surface area contributed by atoms with Gasteiger partial charge in [0.25, 0.3) is 16.7 Å². The van der Waals surface area contributed by atoms with Crippen LogP contribution in [0.1, 0.15) is 181 Å². The van der Waals surface area contributed by atoms with Crippen LogP contribution in [-0.4, -0.2) is 229 Å². The van der Waals surface area contributed by atoms with Crippen LogP contribution in [0.2, 0.25) is 5.02 Å². The van der Waals surface area contributed by atoms with E-state index in [0.717, 1.165) is 4.68 Å². The summed E-state index contributed by atoms with van der Waals surface area (Å²) in [6.45, 7) is 10.5. The minimum Gasteiger partial charge on any atom is -0.493 e. The van der Waals surface area contributed by atoms with E-state index in [-0.39, 0.29) is 99.1 Å². The Bertz CT molecular complexity index is 5280. The highest BCUT2D eigenvalue weighted by Crippen LogP contribution is 2.38. The molecule has 3 aromatic heterocycles. The Morgan fingerprint density at radius 3 is 0.978 bits per heavy atom. The predicted octanol–water partition coefficient (Wildman–Crippen LogP) is 15.7. The molecule has 0 bridgehead atoms. The second kappa shape index (κ2) is 54.1. The topological polar surface area (TPSA) is 335 Å². The van der Waals surface area contributed by atoms with E-state index in [1.165, 1.54) is 27.2 Å². The number of carbonyl (C=O) groups excluding carboxylic acids is 9. The molecule has 0 aliphatic rings. The summed E-state index contributed by atoms with van der Waals surface area (Å²) >= 11 is 6.06. The molecule has 41 heteroatoms. The van der Waals surface area contributed by atoms with E-state index < -0.39 is 194 Å². The van der Waals surface area contributed by atoms with Crippen molar-refractivity contribution < 1.29 is 115 Å². The molecule has 762 valence electrons. The standard InChI is InChI=1S/C30H37ClF2N4O4.C26H33F5N4O5.C26H38F2N4O4.C14H24F2O4/c1-5-41-26-12-11-21(31)17-23(26)25(38)13-15-30(19-32,20-33)18-27(39)34-28-24(14-16-35(2)3)36(4)37(29(28)40)22-9-7-6-8-10-22;1-24(2,3)40-20(37)10-12-25(15-27,16-28)14-19(36)33-21-18(11-13-32-23(39)26(29,30)31)34(4)35(22(21)38)17-8-6-5-7-9-17;1-25(2,3)36-22(34)12-14-26(17-27,18-28)16-21(33)29-23-20(13-15-30(4)5)31(6)32(24(23)35)19-10-8-7-9-11-19;1-5-19-12(18)8-14(9-15,10-16)7-6-11(17)20-13(2,3)4/h6-12,17H,5,13-16,18-20H2,1-4H3,(H,34,39);5-9H,10-16H2,1-4H3,(H,32,39)(H,33,36);7-11H,12-18H2,1-6H3,(H,29,33);5-10H2,1-4H3. The summed E-state index contributed by atoms with van der Waals surface area (Å²) in [5, 5.41) is 9.64. The molecule has 0 radical (unpaired) electrons. The van der Waals surface area contributed by atoms with E-state index >= 15 is 0 Å². The maximum atomic E-state index is 14.3. The molecule has 4 aromatic carbocycles. The van der Waals surface area contributed by atoms with E-state index in [1.54, 1.807) is 196 Å². The summed E-state index contributed by atoms with van der Waals surface area (Å²) in [5.74, 6) is -7.07. The lowest BCUT2D eigenvalue weighted by Crippen LogP contribution is -2.38. The molecule has 0 aliphatic heterocycles. The molecule has 0 saturated heterocycles. The van der Waals surface area contributed by atoms with Gasteiger partial charge in [-0.15, -0.1) is 0 Å². The number of nitrogens with zero attached hydrogens (tertiary/aromatic N) is 8. The largest absolute Gasteiger partial charge is 0.493 e. The number of rotatable bonds is 47. The maximum absolute atomic E-state index is 14.3. The zero-order valence-electron chi connectivity index (χ0n) is 81.2. The third-order valence-electron chi connectivity index (χ3n) is 21.4. The van der Waals surface area contributed by atoms with Crippen molar-refractivity contribution in [2.45, 2.75) is 195 Å². The number of nitrogens with one attached hydrogen (secondary N) is 4. The lowest BCUT2D eigenvalue weighted by molar-refractivity contribution is -0.173. The van der Waals surface area contributed by atoms with Crippen molar-refractivity contribution in [1.29, 1.82) is 0 Å². The molecular weight excluding hydrogens is 1840 g/mol. The summed E-state index contributed by atoms with van der Waals surface area (Å²) in [7, 11) is 12.5. The van der Waals surface area contributed by atoms with E-state index in [4.69, 9.17) is 35.3 Å². The Morgan fingerprint density at radius 1 is 0.401 bits per heavy atom. The monoisotopic (exact) mass is 1970 g/mol. The second-order valence-corrected chi connectivity index (χ2v) is 37.4. The van der Waals surface area contributed by atoms with Crippen LogP contribution in [0.5, 0.6) is 5.75 Å². The van der Waals surface area contributed by atoms with Gasteiger partial charge in [-0.1, -0.05) is 66.2 Å². The first-order chi connectivity index (χ1) is 64.1. The average Bonchev–Trinajstić information content (AvgIpc) is 1.63. The number of halogens is 12. The smallest absolute Gasteiger partial charge is 0.471 e. The lowest BCUT2D eigenvalue weighted by Gasteiger charge is -2.27. The van der Waals surface area contributed by atoms with E-state index in [9.17, 15) is 106 Å². The molecule has 4 N–H and O–H groups in total. The first-order valence-electron chi connectivity index (χ1n) is 44.5. The minimum absolute atomic E-state index is 0.0597. The zero-order chi connectivity index (χ0) is 103. The number of esters is 4. The highest BCUT2D eigenvalue weighted by Gasteiger charge is 2.42. The SMILES string of the molecule is CCOC(=O)CC(CF)(CF)CCC(=O)OC(C)(C)C.CCOc1ccc(Cl)cc1C(=O)CCC(CF)(CF)CC(=O)Nc1c(CCN(C)C)n(C)n(-c2ccccc2)c1=O.CN(C)CCc1c(NC(=O)CC(CF)(CF)CCC(=O)OC(C)(C)C)c(=O)n(-c2ccccc2)n1C.Cn1c(CCNC(=O)C(F)(F)F)c(NC(=O)CC(CF)(CF)CCC(=O)OC(C)(C)C)c(=O)n1-c1ccccc1. The summed E-state index contributed by atoms with van der Waals surface area (Å²) in [6, 6.07) is 30.7. The number of likely N-dealkylation sites (N-methyl/N-ethyl adjacent to an activating group) is 2. The number of Topliss-reactive ketones (excluding diaryl/α,β-unsaturated/α-hetero) is 1. The highest BCUT2D eigenvalue weighted by atomic mass is 35.5. The Kier molecular flexibility index (Phi) is 46.5. The van der Waals surface area contributed by atoms with Crippen LogP contribution in [-0.2, 0) is 97.7 Å². The summed E-state index contributed by atoms with van der Waals surface area (Å²) in [5.41, 5.74) is -7.75. The molecule has 137 heavy (non-hydrogen) atoms. The van der Waals surface area contributed by atoms with Crippen LogP contribution >= 0.6 is 11.6 Å². The lowest BCUT2D eigenvalue weighted by atomic mass is 9.81. The summed E-state index contributed by atoms with van der Waals surface area (Å²) in [4.78, 5) is 155. The number of hydrogen-bond acceptors (Lipinski definition) is 19. The van der Waals surface area contributed by atoms with Gasteiger partial charge in [-0.25, -0.2) is 14.0 Å². The molecule has 0 aliphatic carbocycles. The zero-order valence-corrected chi connectivity index (χ0v) is 82.0. The number of hydrogen-bond donors (Lipinski definition) is 4. The van der Waals surface area contributed by atoms with Crippen LogP contribution < -0.4 is 42.7 Å². The van der Waals surface area contributed by atoms with Crippen molar-refractivity contribution in [1.82, 2.24) is 43.2 Å². The number of ketones is 1. The van der Waals surface area contributed by atoms with Gasteiger partial charge in [0.2, 0.25) is 17.7 Å². The number of ether oxygens (including phenoxy) is 5. The molecule has 0 unspecified atom stereocenters. The molecule has 0 atom stereocenters. The Morgan fingerprint density at radius 2 is 0.701 bits per heavy atom. The molecule has 3 heterocycles. The Balaban J connectivity index is 0.000000392. The van der Waals surface area contributed by atoms with Gasteiger partial charge in [0, 0.05) is 132 Å². The Hall–Kier alpha value is -11.4. The van der Waals surface area contributed by atoms with Gasteiger partial charge >= 0.3 is 36.0 Å². The second-order valence-electron chi connectivity index (χ2n) is 37.0. The van der Waals surface area contributed by atoms with Crippen molar-refractivity contribution in [3.63, 3.8) is 0 Å². The van der Waals surface area contributed by atoms with Gasteiger partial charge < -0.3 is 54.8 Å². The van der Waals surface area contributed by atoms with Crippen LogP contribution in [0.4, 0.5) is 65.4 Å². The normalized spacial score (nSPS) is 12.0. The number of amides is 4. The van der Waals surface area contributed by atoms with Crippen molar-refractivity contribution in [3.05, 3.63) is 168 Å². The summed E-state index contributed by atoms with van der Waals surface area (Å²) in [6.07, 6.45) is -8.45. The van der Waals surface area contributed by atoms with Gasteiger partial charge in [0.15, 0.2) is 5.78 Å². The first kappa shape index (κ1) is 118. The average molecular weight is 1970 g/mol. The van der Waals surface area contributed by atoms with Crippen molar-refractivity contribution >= 4 is 82.0 Å². The number of carbonyl (C=O) groups is 9. The van der Waals surface area contributed by atoms with Crippen molar-refractivity contribution in [3.8, 4) is 22.8 Å². The molecular formula is C96H132ClF11N12O17. The van der Waals surface area contributed by atoms with Crippen molar-refractivity contribution in [2.75, 3.05) is 130 Å². The molecule has 4 amide bonds. The predicted molar refractivity (Wildman–Crippen MR) is 500 cm³/mol. The fourth-order valence-corrected chi connectivity index (χ4v) is 14.3. The maximum Gasteiger partial charge on any atom is 0.471 e. The molecule has 0 saturated carbocycles. The summed E-state index contributed by atoms with van der Waals surface area (Å²) < 4.78 is 183. The quantitative estimate of drug-likeness (QED) is 0.0119. The van der Waals surface area contributed by atoms with Gasteiger partial charge in [-0.05, 0) is 185 Å². The van der Waals surface area contributed by atoms with Crippen molar-refractivity contribution in [2.24, 2.45) is 42.8 Å². The third kappa shape index (κ3) is 37.1. The first-order valence-corrected chi connectivity index (χ1v) is 44.8. The number of aromatic nitrogens is 6. The molecule has 0 fully saturated rings. The van der Waals surface area contributed by atoms with Crippen LogP contribution in [0, 0.1) is 21.7 Å². The fourth-order valence-electron chi connectivity index (χ4n) is 14.1. The number of para-hydroxylation sites is 3. The molecule has 7 aromatic rings.